The second-order valence-corrected chi connectivity index (χ2v) is 16.4. The van der Waals surface area contributed by atoms with Crippen molar-refractivity contribution in [3.8, 4) is 0 Å². The maximum atomic E-state index is 13.4. The smallest absolute Gasteiger partial charge is 0.320 e. The van der Waals surface area contributed by atoms with E-state index >= 15 is 0 Å². The van der Waals surface area contributed by atoms with Crippen molar-refractivity contribution in [2.45, 2.75) is 62.6 Å². The topological polar surface area (TPSA) is 181 Å². The van der Waals surface area contributed by atoms with Gasteiger partial charge in [0.05, 0.1) is 23.4 Å². The summed E-state index contributed by atoms with van der Waals surface area (Å²) in [6, 6.07) is 13.5. The number of imide groups is 1. The van der Waals surface area contributed by atoms with Gasteiger partial charge in [0.1, 0.15) is 11.9 Å². The molecule has 6 aliphatic rings. The van der Waals surface area contributed by atoms with Gasteiger partial charge in [0.25, 0.3) is 17.7 Å². The van der Waals surface area contributed by atoms with Crippen molar-refractivity contribution in [2.24, 2.45) is 5.73 Å². The number of nitrogens with one attached hydrogen (secondary N) is 2. The summed E-state index contributed by atoms with van der Waals surface area (Å²) in [6.07, 6.45) is 6.34. The molecule has 7 heterocycles. The third kappa shape index (κ3) is 6.88. The standard InChI is InChI=1S/C42H49N11O5/c1-25-5-12-34(39(55)45-25)53-40(56)32-11-10-30(20-33(32)41(53)57)49-16-13-29(14-17-49)51-22-27(23-51)26-6-8-28(9-7-26)46-38-36(37(43)54)44-21-35(47-38)50-15-3-4-31(24-50)52-19-18-48(2)42(52)58/h6-11,20-21,27,29,31,34H,1,3-5,12-19,22-24H2,2H3,(H2,43,54)(H,45,55)(H,46,47)/t31-,34?/m1/s1. The summed E-state index contributed by atoms with van der Waals surface area (Å²) in [5.41, 5.74) is 10.0. The molecule has 0 spiro atoms. The minimum Gasteiger partial charge on any atom is -0.371 e. The zero-order chi connectivity index (χ0) is 40.2. The van der Waals surface area contributed by atoms with Crippen LogP contribution in [0.3, 0.4) is 0 Å². The number of urea groups is 1. The molecule has 16 heteroatoms. The fourth-order valence-electron chi connectivity index (χ4n) is 9.45. The van der Waals surface area contributed by atoms with Crippen molar-refractivity contribution < 1.29 is 24.0 Å². The van der Waals surface area contributed by atoms with E-state index in [0.29, 0.717) is 59.8 Å². The number of carbonyl (C=O) groups excluding carboxylic acids is 5. The number of hydrogen-bond donors (Lipinski definition) is 3. The quantitative estimate of drug-likeness (QED) is 0.271. The first kappa shape index (κ1) is 37.5. The van der Waals surface area contributed by atoms with Crippen LogP contribution in [-0.2, 0) is 4.79 Å². The number of benzene rings is 2. The Morgan fingerprint density at radius 1 is 0.862 bits per heavy atom. The molecular weight excluding hydrogens is 739 g/mol. The molecule has 0 radical (unpaired) electrons. The predicted octanol–water partition coefficient (Wildman–Crippen LogP) is 3.11. The predicted molar refractivity (Wildman–Crippen MR) is 217 cm³/mol. The van der Waals surface area contributed by atoms with Crippen LogP contribution in [0.4, 0.5) is 27.8 Å². The van der Waals surface area contributed by atoms with Gasteiger partial charge in [-0.1, -0.05) is 18.7 Å². The highest BCUT2D eigenvalue weighted by Crippen LogP contribution is 2.36. The van der Waals surface area contributed by atoms with Gasteiger partial charge in [-0.25, -0.2) is 14.8 Å². The lowest BCUT2D eigenvalue weighted by molar-refractivity contribution is -0.125. The molecule has 1 aromatic heterocycles. The second kappa shape index (κ2) is 15.0. The molecule has 4 N–H and O–H groups in total. The van der Waals surface area contributed by atoms with Crippen LogP contribution in [0.15, 0.2) is 60.9 Å². The third-order valence-corrected chi connectivity index (χ3v) is 12.8. The van der Waals surface area contributed by atoms with Crippen LogP contribution in [0.2, 0.25) is 0 Å². The highest BCUT2D eigenvalue weighted by atomic mass is 16.2. The van der Waals surface area contributed by atoms with E-state index in [1.807, 2.05) is 36.2 Å². The molecule has 5 saturated heterocycles. The van der Waals surface area contributed by atoms with Crippen LogP contribution in [0.5, 0.6) is 0 Å². The number of aromatic nitrogens is 2. The number of amides is 6. The molecular formula is C42H49N11O5. The van der Waals surface area contributed by atoms with Crippen molar-refractivity contribution in [3.05, 3.63) is 83.3 Å². The normalized spacial score (nSPS) is 23.4. The minimum atomic E-state index is -0.821. The summed E-state index contributed by atoms with van der Waals surface area (Å²) in [6.45, 7) is 10.3. The summed E-state index contributed by atoms with van der Waals surface area (Å²) >= 11 is 0. The fraction of sp³-hybridized carbons (Fsp3) is 0.452. The first-order valence-corrected chi connectivity index (χ1v) is 20.3. The average Bonchev–Trinajstić information content (AvgIpc) is 3.67. The van der Waals surface area contributed by atoms with Crippen LogP contribution >= 0.6 is 0 Å². The van der Waals surface area contributed by atoms with Gasteiger partial charge in [0, 0.05) is 88.4 Å². The maximum Gasteiger partial charge on any atom is 0.320 e. The summed E-state index contributed by atoms with van der Waals surface area (Å²) in [7, 11) is 1.83. The Morgan fingerprint density at radius 2 is 1.62 bits per heavy atom. The first-order valence-electron chi connectivity index (χ1n) is 20.3. The lowest BCUT2D eigenvalue weighted by atomic mass is 9.88. The Morgan fingerprint density at radius 3 is 2.33 bits per heavy atom. The van der Waals surface area contributed by atoms with Crippen molar-refractivity contribution >= 4 is 52.7 Å². The van der Waals surface area contributed by atoms with Crippen molar-refractivity contribution in [2.75, 3.05) is 74.5 Å². The SMILES string of the molecule is C=C1CCC(N2C(=O)c3ccc(N4CCC(N5CC(c6ccc(Nc7nc(N8CCC[C@@H](N9CCN(C)C9=O)C8)cnc7C(N)=O)cc6)C5)CC4)cc3C2=O)C(=O)N1. The monoisotopic (exact) mass is 787 g/mol. The van der Waals surface area contributed by atoms with Gasteiger partial charge in [-0.2, -0.15) is 0 Å². The number of carbonyl (C=O) groups is 5. The van der Waals surface area contributed by atoms with Crippen molar-refractivity contribution in [3.63, 3.8) is 0 Å². The summed E-state index contributed by atoms with van der Waals surface area (Å²) < 4.78 is 0. The third-order valence-electron chi connectivity index (χ3n) is 12.8. The average molecular weight is 788 g/mol. The molecule has 302 valence electrons. The second-order valence-electron chi connectivity index (χ2n) is 16.4. The van der Waals surface area contributed by atoms with Gasteiger partial charge in [0.15, 0.2) is 11.5 Å². The number of rotatable bonds is 9. The Balaban J connectivity index is 0.781. The Labute approximate surface area is 337 Å². The van der Waals surface area contributed by atoms with Gasteiger partial charge in [-0.15, -0.1) is 0 Å². The molecule has 0 saturated carbocycles. The number of primary amides is 1. The van der Waals surface area contributed by atoms with Gasteiger partial charge in [-0.05, 0) is 74.4 Å². The number of likely N-dealkylation sites (tertiary alicyclic amines) is 1. The van der Waals surface area contributed by atoms with Gasteiger partial charge < -0.3 is 36.0 Å². The van der Waals surface area contributed by atoms with E-state index in [-0.39, 0.29) is 23.7 Å². The lowest BCUT2D eigenvalue weighted by Crippen LogP contribution is -2.54. The van der Waals surface area contributed by atoms with E-state index < -0.39 is 23.8 Å². The molecule has 9 rings (SSSR count). The zero-order valence-corrected chi connectivity index (χ0v) is 32.7. The van der Waals surface area contributed by atoms with Crippen molar-refractivity contribution in [1.29, 1.82) is 0 Å². The number of piperidine rings is 3. The molecule has 0 bridgehead atoms. The number of likely N-dealkylation sites (N-methyl/N-ethyl adjacent to an activating group) is 1. The summed E-state index contributed by atoms with van der Waals surface area (Å²) in [5.74, 6) is -0.494. The van der Waals surface area contributed by atoms with Crippen LogP contribution in [0, 0.1) is 0 Å². The number of fused-ring (bicyclic) bond motifs is 1. The van der Waals surface area contributed by atoms with E-state index in [9.17, 15) is 24.0 Å². The fourth-order valence-corrected chi connectivity index (χ4v) is 9.45. The Kier molecular flexibility index (Phi) is 9.74. The number of hydrogen-bond acceptors (Lipinski definition) is 11. The molecule has 6 amide bonds. The number of nitrogens with two attached hydrogens (primary N) is 1. The Bertz CT molecular complexity index is 2180. The molecule has 1 unspecified atom stereocenters. The first-order chi connectivity index (χ1) is 28.0. The molecule has 58 heavy (non-hydrogen) atoms. The highest BCUT2D eigenvalue weighted by molar-refractivity contribution is 6.23. The van der Waals surface area contributed by atoms with Gasteiger partial charge >= 0.3 is 6.03 Å². The molecule has 2 aromatic carbocycles. The van der Waals surface area contributed by atoms with Crippen LogP contribution < -0.4 is 26.2 Å². The minimum absolute atomic E-state index is 0.0606. The van der Waals surface area contributed by atoms with Gasteiger partial charge in [0.2, 0.25) is 5.91 Å². The highest BCUT2D eigenvalue weighted by Gasteiger charge is 2.44. The molecule has 5 fully saturated rings. The zero-order valence-electron chi connectivity index (χ0n) is 32.7. The number of allylic oxidation sites excluding steroid dienone is 1. The van der Waals surface area contributed by atoms with Crippen LogP contribution in [0.1, 0.15) is 81.2 Å². The number of anilines is 4. The van der Waals surface area contributed by atoms with Crippen molar-refractivity contribution in [1.82, 2.24) is 34.9 Å². The molecule has 6 aliphatic heterocycles. The van der Waals surface area contributed by atoms with Gasteiger partial charge in [-0.3, -0.25) is 29.0 Å². The Hall–Kier alpha value is -6.03. The van der Waals surface area contributed by atoms with E-state index in [0.717, 1.165) is 87.8 Å². The molecule has 3 aromatic rings. The van der Waals surface area contributed by atoms with Crippen LogP contribution in [-0.4, -0.2) is 137 Å². The maximum absolute atomic E-state index is 13.4. The van der Waals surface area contributed by atoms with E-state index in [1.165, 1.54) is 5.56 Å². The number of nitrogens with zero attached hydrogens (tertiary/aromatic N) is 8. The molecule has 2 atom stereocenters. The molecule has 16 nitrogen and oxygen atoms in total. The summed E-state index contributed by atoms with van der Waals surface area (Å²) in [5, 5.41) is 5.97. The van der Waals surface area contributed by atoms with E-state index in [4.69, 9.17) is 10.7 Å². The largest absolute Gasteiger partial charge is 0.371 e. The summed E-state index contributed by atoms with van der Waals surface area (Å²) in [4.78, 5) is 85.2. The van der Waals surface area contributed by atoms with E-state index in [2.05, 4.69) is 49.0 Å². The van der Waals surface area contributed by atoms with E-state index in [1.54, 1.807) is 17.2 Å². The molecule has 0 aliphatic carbocycles. The lowest BCUT2D eigenvalue weighted by Gasteiger charge is -2.47. The van der Waals surface area contributed by atoms with Crippen LogP contribution in [0.25, 0.3) is 0 Å².